The van der Waals surface area contributed by atoms with Crippen LogP contribution in [0.2, 0.25) is 0 Å². The molecule has 90 valence electrons. The summed E-state index contributed by atoms with van der Waals surface area (Å²) in [5.74, 6) is -1.84. The standard InChI is InChI=1S/C8H16O2.C2H3O2.Cr/c1-3-5-6-7(4-2)8(9)10;1-2(3)4;/h7H,3-6H2,1-2H3,(H,9,10);1H2,(H,3,4);/q;-1;. The Morgan fingerprint density at radius 1 is 1.27 bits per heavy atom. The Bertz CT molecular complexity index is 167. The third-order valence-corrected chi connectivity index (χ3v) is 1.75. The molecule has 0 radical (unpaired) electrons. The van der Waals surface area contributed by atoms with E-state index in [2.05, 4.69) is 13.8 Å². The van der Waals surface area contributed by atoms with Gasteiger partial charge in [0, 0.05) is 17.4 Å². The fourth-order valence-corrected chi connectivity index (χ4v) is 0.953. The van der Waals surface area contributed by atoms with Crippen molar-refractivity contribution in [2.24, 2.45) is 5.92 Å². The molecule has 5 heteroatoms. The van der Waals surface area contributed by atoms with Gasteiger partial charge in [-0.2, -0.15) is 0 Å². The van der Waals surface area contributed by atoms with Crippen molar-refractivity contribution in [3.05, 3.63) is 6.92 Å². The molecule has 0 fully saturated rings. The molecule has 0 bridgehead atoms. The van der Waals surface area contributed by atoms with Gasteiger partial charge in [-0.25, -0.2) is 0 Å². The van der Waals surface area contributed by atoms with Crippen LogP contribution >= 0.6 is 0 Å². The first kappa shape index (κ1) is 19.8. The van der Waals surface area contributed by atoms with Gasteiger partial charge in [0.1, 0.15) is 0 Å². The molecule has 0 spiro atoms. The topological polar surface area (TPSA) is 74.6 Å². The Labute approximate surface area is 102 Å². The number of rotatable bonds is 5. The second-order valence-electron chi connectivity index (χ2n) is 2.98. The Kier molecular flexibility index (Phi) is 17.7. The first-order chi connectivity index (χ1) is 6.45. The summed E-state index contributed by atoms with van der Waals surface area (Å²) in [6.07, 6.45) is 3.71. The van der Waals surface area contributed by atoms with Gasteiger partial charge < -0.3 is 10.2 Å². The van der Waals surface area contributed by atoms with Gasteiger partial charge in [0.25, 0.3) is 0 Å². The van der Waals surface area contributed by atoms with Crippen molar-refractivity contribution in [3.8, 4) is 0 Å². The van der Waals surface area contributed by atoms with Gasteiger partial charge in [-0.15, -0.1) is 0 Å². The van der Waals surface area contributed by atoms with Gasteiger partial charge in [-0.1, -0.05) is 26.7 Å². The minimum Gasteiger partial charge on any atom is -0.503 e. The molecule has 0 aromatic rings. The molecule has 1 unspecified atom stereocenters. The molecule has 0 aromatic carbocycles. The normalized spacial score (nSPS) is 10.3. The first-order valence-corrected chi connectivity index (χ1v) is 4.73. The van der Waals surface area contributed by atoms with Gasteiger partial charge >= 0.3 is 5.97 Å². The van der Waals surface area contributed by atoms with Gasteiger partial charge in [0.05, 0.1) is 5.92 Å². The zero-order chi connectivity index (χ0) is 11.6. The summed E-state index contributed by atoms with van der Waals surface area (Å²) >= 11 is 0. The summed E-state index contributed by atoms with van der Waals surface area (Å²) in [7, 11) is 0. The Hall–Kier alpha value is -0.658. The summed E-state index contributed by atoms with van der Waals surface area (Å²) in [4.78, 5) is 19.3. The van der Waals surface area contributed by atoms with Crippen LogP contribution in [0.5, 0.6) is 0 Å². The average molecular weight is 255 g/mol. The molecular weight excluding hydrogens is 236 g/mol. The molecule has 4 nitrogen and oxygen atoms in total. The van der Waals surface area contributed by atoms with Gasteiger partial charge in [-0.3, -0.25) is 16.5 Å². The Morgan fingerprint density at radius 3 is 1.87 bits per heavy atom. The second kappa shape index (κ2) is 13.3. The largest absolute Gasteiger partial charge is 0.503 e. The molecule has 0 amide bonds. The maximum Gasteiger partial charge on any atom is 0.306 e. The predicted molar refractivity (Wildman–Crippen MR) is 53.9 cm³/mol. The van der Waals surface area contributed by atoms with E-state index >= 15 is 0 Å². The minimum atomic E-state index is -1.08. The van der Waals surface area contributed by atoms with Crippen LogP contribution < -0.4 is 0 Å². The number of carboxylic acid groups (broad SMARTS) is 2. The van der Waals surface area contributed by atoms with Crippen molar-refractivity contribution in [3.63, 3.8) is 0 Å². The zero-order valence-corrected chi connectivity index (χ0v) is 10.5. The third kappa shape index (κ3) is 19.7. The molecule has 0 saturated heterocycles. The molecule has 0 rings (SSSR count). The Morgan fingerprint density at radius 2 is 1.67 bits per heavy atom. The molecule has 0 aliphatic rings. The van der Waals surface area contributed by atoms with Crippen LogP contribution in [0.4, 0.5) is 0 Å². The predicted octanol–water partition coefficient (Wildman–Crippen LogP) is 2.19. The quantitative estimate of drug-likeness (QED) is 0.738. The van der Waals surface area contributed by atoms with Crippen molar-refractivity contribution >= 4 is 11.9 Å². The van der Waals surface area contributed by atoms with E-state index in [0.29, 0.717) is 0 Å². The van der Waals surface area contributed by atoms with Crippen molar-refractivity contribution in [1.29, 1.82) is 0 Å². The van der Waals surface area contributed by atoms with Crippen molar-refractivity contribution < 1.29 is 37.2 Å². The van der Waals surface area contributed by atoms with E-state index in [9.17, 15) is 4.79 Å². The van der Waals surface area contributed by atoms with Gasteiger partial charge in [0.15, 0.2) is 5.97 Å². The average Bonchev–Trinajstić information content (AvgIpc) is 2.04. The summed E-state index contributed by atoms with van der Waals surface area (Å²) in [5, 5.41) is 15.9. The molecule has 0 aliphatic carbocycles. The van der Waals surface area contributed by atoms with Crippen molar-refractivity contribution in [2.75, 3.05) is 0 Å². The molecule has 2 N–H and O–H groups in total. The number of carbonyl (C=O) groups is 2. The maximum absolute atomic E-state index is 10.4. The molecular formula is C10H19CrO4-. The first-order valence-electron chi connectivity index (χ1n) is 4.73. The van der Waals surface area contributed by atoms with E-state index in [4.69, 9.17) is 15.0 Å². The number of carboxylic acids is 2. The number of unbranched alkanes of at least 4 members (excludes halogenated alkanes) is 1. The second-order valence-corrected chi connectivity index (χ2v) is 2.98. The van der Waals surface area contributed by atoms with Crippen molar-refractivity contribution in [2.45, 2.75) is 39.5 Å². The summed E-state index contributed by atoms with van der Waals surface area (Å²) in [6.45, 7) is 6.56. The molecule has 0 aromatic heterocycles. The number of hydrogen-bond donors (Lipinski definition) is 2. The van der Waals surface area contributed by atoms with Crippen LogP contribution in [-0.4, -0.2) is 22.2 Å². The van der Waals surface area contributed by atoms with Crippen molar-refractivity contribution in [1.82, 2.24) is 0 Å². The third-order valence-electron chi connectivity index (χ3n) is 1.75. The summed E-state index contributed by atoms with van der Waals surface area (Å²) in [6, 6.07) is 0. The SMILES string of the molecule is CCCCC(CC)C(=O)O.[CH2-]C(=O)O.[Cr]. The number of hydrogen-bond acceptors (Lipinski definition) is 2. The van der Waals surface area contributed by atoms with E-state index in [-0.39, 0.29) is 23.3 Å². The smallest absolute Gasteiger partial charge is 0.306 e. The minimum absolute atomic E-state index is 0. The fraction of sp³-hybridized carbons (Fsp3) is 0.700. The van der Waals surface area contributed by atoms with E-state index in [1.165, 1.54) is 0 Å². The molecule has 0 aliphatic heterocycles. The van der Waals surface area contributed by atoms with E-state index in [1.807, 2.05) is 6.92 Å². The van der Waals surface area contributed by atoms with E-state index in [1.54, 1.807) is 0 Å². The van der Waals surface area contributed by atoms with Crippen LogP contribution in [-0.2, 0) is 27.0 Å². The van der Waals surface area contributed by atoms with Gasteiger partial charge in [0.2, 0.25) is 0 Å². The van der Waals surface area contributed by atoms with Crippen LogP contribution in [0.15, 0.2) is 0 Å². The maximum atomic E-state index is 10.4. The van der Waals surface area contributed by atoms with E-state index < -0.39 is 11.9 Å². The van der Waals surface area contributed by atoms with Crippen LogP contribution in [0.1, 0.15) is 39.5 Å². The summed E-state index contributed by atoms with van der Waals surface area (Å²) < 4.78 is 0. The number of aliphatic carboxylic acids is 2. The molecule has 1 atom stereocenters. The summed E-state index contributed by atoms with van der Waals surface area (Å²) in [5.41, 5.74) is 0. The van der Waals surface area contributed by atoms with Crippen LogP contribution in [0.3, 0.4) is 0 Å². The molecule has 0 heterocycles. The van der Waals surface area contributed by atoms with Gasteiger partial charge in [-0.05, 0) is 12.8 Å². The van der Waals surface area contributed by atoms with E-state index in [0.717, 1.165) is 25.7 Å². The molecule has 0 saturated carbocycles. The Balaban J connectivity index is -0.000000249. The van der Waals surface area contributed by atoms with Crippen LogP contribution in [0, 0.1) is 12.8 Å². The fourth-order valence-electron chi connectivity index (χ4n) is 0.953. The van der Waals surface area contributed by atoms with Crippen LogP contribution in [0.25, 0.3) is 0 Å². The monoisotopic (exact) mass is 255 g/mol. The zero-order valence-electron chi connectivity index (χ0n) is 9.23. The molecule has 15 heavy (non-hydrogen) atoms.